The maximum Gasteiger partial charge on any atom is 0.408 e. The molecule has 1 saturated carbocycles. The van der Waals surface area contributed by atoms with E-state index >= 15 is 0 Å². The van der Waals surface area contributed by atoms with Crippen LogP contribution in [0.1, 0.15) is 79.1 Å². The maximum absolute atomic E-state index is 13.7. The molecule has 4 amide bonds. The minimum atomic E-state index is -4.23. The zero-order valence-electron chi connectivity index (χ0n) is 24.3. The van der Waals surface area contributed by atoms with Crippen LogP contribution in [0.4, 0.5) is 4.79 Å². The Balaban J connectivity index is 1.59. The van der Waals surface area contributed by atoms with Gasteiger partial charge < -0.3 is 20.3 Å². The molecule has 11 nitrogen and oxygen atoms in total. The van der Waals surface area contributed by atoms with Gasteiger partial charge in [0, 0.05) is 12.0 Å². The van der Waals surface area contributed by atoms with Crippen molar-refractivity contribution in [1.29, 1.82) is 0 Å². The van der Waals surface area contributed by atoms with Crippen LogP contribution in [0.15, 0.2) is 28.5 Å². The second-order valence-electron chi connectivity index (χ2n) is 12.4. The lowest BCUT2D eigenvalue weighted by molar-refractivity contribution is -0.141. The number of hydrogen-bond acceptors (Lipinski definition) is 8. The third-order valence-electron chi connectivity index (χ3n) is 7.92. The van der Waals surface area contributed by atoms with Crippen LogP contribution >= 0.6 is 22.9 Å². The number of rotatable bonds is 4. The highest BCUT2D eigenvalue weighted by Gasteiger charge is 2.69. The summed E-state index contributed by atoms with van der Waals surface area (Å²) in [4.78, 5) is 55.1. The number of alkyl carbamates (subject to hydrolysis) is 1. The van der Waals surface area contributed by atoms with Crippen LogP contribution in [-0.4, -0.2) is 66.9 Å². The molecule has 2 fully saturated rings. The number of nitrogens with one attached hydrogen (secondary N) is 3. The van der Waals surface area contributed by atoms with E-state index in [1.165, 1.54) is 17.0 Å². The number of sulfonamides is 1. The van der Waals surface area contributed by atoms with E-state index in [-0.39, 0.29) is 20.9 Å². The topological polar surface area (TPSA) is 151 Å². The minimum Gasteiger partial charge on any atom is -0.444 e. The monoisotopic (exact) mass is 642 g/mol. The Hall–Kier alpha value is -2.64. The number of thiophene rings is 1. The SMILES string of the molecule is CC(C)(C)OC(=O)N[C@H]1CCCCC/C=C\C2(C)C[C@@]2(C(=O)NS(=O)(=O)c2ccc(Cl)s2)NC(=O)[C@@H]2CCCN2C1=O. The third-order valence-corrected chi connectivity index (χ3v) is 11.0. The summed E-state index contributed by atoms with van der Waals surface area (Å²) in [5.41, 5.74) is -3.10. The van der Waals surface area contributed by atoms with E-state index in [2.05, 4.69) is 15.4 Å². The Morgan fingerprint density at radius 3 is 2.55 bits per heavy atom. The van der Waals surface area contributed by atoms with Crippen molar-refractivity contribution in [2.45, 2.75) is 106 Å². The molecule has 0 bridgehead atoms. The van der Waals surface area contributed by atoms with Gasteiger partial charge in [-0.3, -0.25) is 14.4 Å². The van der Waals surface area contributed by atoms with Gasteiger partial charge in [-0.2, -0.15) is 0 Å². The lowest BCUT2D eigenvalue weighted by Crippen LogP contribution is -2.59. The summed E-state index contributed by atoms with van der Waals surface area (Å²) in [5, 5.41) is 5.54. The minimum absolute atomic E-state index is 0.116. The average molecular weight is 643 g/mol. The van der Waals surface area contributed by atoms with Gasteiger partial charge >= 0.3 is 6.09 Å². The van der Waals surface area contributed by atoms with Gasteiger partial charge in [-0.1, -0.05) is 43.5 Å². The average Bonchev–Trinajstić information content (AvgIpc) is 3.25. The van der Waals surface area contributed by atoms with E-state index in [0.717, 1.165) is 24.2 Å². The summed E-state index contributed by atoms with van der Waals surface area (Å²) in [6.45, 7) is 7.31. The second-order valence-corrected chi connectivity index (χ2v) is 16.0. The van der Waals surface area contributed by atoms with E-state index < -0.39 is 56.6 Å². The van der Waals surface area contributed by atoms with Crippen molar-refractivity contribution in [3.05, 3.63) is 28.6 Å². The van der Waals surface area contributed by atoms with E-state index in [0.29, 0.717) is 38.6 Å². The summed E-state index contributed by atoms with van der Waals surface area (Å²) >= 11 is 6.73. The van der Waals surface area contributed by atoms with E-state index in [9.17, 15) is 27.6 Å². The van der Waals surface area contributed by atoms with Crippen LogP contribution in [0.25, 0.3) is 0 Å². The molecule has 1 aliphatic carbocycles. The number of fused-ring (bicyclic) bond motifs is 2. The molecule has 1 aromatic heterocycles. The molecular weight excluding hydrogens is 604 g/mol. The van der Waals surface area contributed by atoms with Crippen LogP contribution in [0.2, 0.25) is 4.34 Å². The molecule has 3 aliphatic rings. The first kappa shape index (κ1) is 32.3. The number of hydrogen-bond donors (Lipinski definition) is 3. The number of ether oxygens (including phenoxy) is 1. The summed E-state index contributed by atoms with van der Waals surface area (Å²) in [5.74, 6) is -1.78. The number of amides is 4. The fraction of sp³-hybridized carbons (Fsp3) is 0.643. The Kier molecular flexibility index (Phi) is 9.34. The van der Waals surface area contributed by atoms with Gasteiger partial charge in [0.2, 0.25) is 11.8 Å². The second kappa shape index (κ2) is 12.2. The molecule has 3 heterocycles. The zero-order valence-corrected chi connectivity index (χ0v) is 26.7. The van der Waals surface area contributed by atoms with E-state index in [4.69, 9.17) is 16.3 Å². The molecule has 0 radical (unpaired) electrons. The fourth-order valence-electron chi connectivity index (χ4n) is 5.63. The van der Waals surface area contributed by atoms with Crippen molar-refractivity contribution < 1.29 is 32.3 Å². The molecule has 14 heteroatoms. The molecule has 0 spiro atoms. The highest BCUT2D eigenvalue weighted by Crippen LogP contribution is 2.57. The number of allylic oxidation sites excluding steroid dienone is 1. The molecule has 42 heavy (non-hydrogen) atoms. The van der Waals surface area contributed by atoms with E-state index in [1.54, 1.807) is 27.7 Å². The Morgan fingerprint density at radius 1 is 1.14 bits per heavy atom. The van der Waals surface area contributed by atoms with Gasteiger partial charge in [0.15, 0.2) is 0 Å². The first-order valence-corrected chi connectivity index (χ1v) is 16.9. The molecular formula is C28H39ClN4O7S2. The van der Waals surface area contributed by atoms with Crippen LogP contribution < -0.4 is 15.4 Å². The summed E-state index contributed by atoms with van der Waals surface area (Å²) in [6, 6.07) is 0.984. The molecule has 4 atom stereocenters. The fourth-order valence-corrected chi connectivity index (χ4v) is 8.14. The third kappa shape index (κ3) is 7.11. The van der Waals surface area contributed by atoms with Crippen LogP contribution in [0, 0.1) is 5.41 Å². The number of nitrogens with zero attached hydrogens (tertiary/aromatic N) is 1. The van der Waals surface area contributed by atoms with Gasteiger partial charge in [-0.05, 0) is 71.4 Å². The summed E-state index contributed by atoms with van der Waals surface area (Å²) < 4.78 is 33.6. The number of halogens is 1. The smallest absolute Gasteiger partial charge is 0.408 e. The first-order valence-electron chi connectivity index (χ1n) is 14.2. The maximum atomic E-state index is 13.7. The number of carbonyl (C=O) groups excluding carboxylic acids is 4. The summed E-state index contributed by atoms with van der Waals surface area (Å²) in [7, 11) is -4.23. The molecule has 1 aromatic rings. The Labute approximate surface area is 255 Å². The van der Waals surface area contributed by atoms with Crippen molar-refractivity contribution in [1.82, 2.24) is 20.3 Å². The van der Waals surface area contributed by atoms with Crippen LogP contribution in [0.5, 0.6) is 0 Å². The van der Waals surface area contributed by atoms with Crippen LogP contribution in [-0.2, 0) is 29.1 Å². The largest absolute Gasteiger partial charge is 0.444 e. The van der Waals surface area contributed by atoms with Crippen molar-refractivity contribution >= 4 is 56.8 Å². The quantitative estimate of drug-likeness (QED) is 0.422. The lowest BCUT2D eigenvalue weighted by atomic mass is 9.99. The molecule has 1 saturated heterocycles. The lowest BCUT2D eigenvalue weighted by Gasteiger charge is -2.31. The predicted molar refractivity (Wildman–Crippen MR) is 158 cm³/mol. The van der Waals surface area contributed by atoms with Gasteiger partial charge in [0.25, 0.3) is 15.9 Å². The predicted octanol–water partition coefficient (Wildman–Crippen LogP) is 3.88. The standard InChI is InChI=1S/C28H39ClN4O7S2/c1-26(2,3)40-25(37)30-18-11-8-6-5-7-9-15-27(4)17-28(27,31-22(34)19-12-10-16-33(19)23(18)35)24(36)32-42(38,39)21-14-13-20(29)41-21/h9,13-15,18-19H,5-8,10-12,16-17H2,1-4H3,(H,30,37)(H,31,34)(H,32,36)/b15-9-/t18-,19-,27?,28-/m0/s1. The normalized spacial score (nSPS) is 29.7. The van der Waals surface area contributed by atoms with Crippen molar-refractivity contribution in [2.24, 2.45) is 5.41 Å². The van der Waals surface area contributed by atoms with Gasteiger partial charge in [-0.15, -0.1) is 11.3 Å². The highest BCUT2D eigenvalue weighted by molar-refractivity contribution is 7.92. The molecule has 2 aliphatic heterocycles. The molecule has 4 rings (SSSR count). The Morgan fingerprint density at radius 2 is 1.88 bits per heavy atom. The number of carbonyl (C=O) groups is 4. The molecule has 3 N–H and O–H groups in total. The van der Waals surface area contributed by atoms with Crippen molar-refractivity contribution in [3.63, 3.8) is 0 Å². The first-order chi connectivity index (χ1) is 19.6. The zero-order chi connectivity index (χ0) is 30.9. The highest BCUT2D eigenvalue weighted by atomic mass is 35.5. The van der Waals surface area contributed by atoms with Crippen molar-refractivity contribution in [3.8, 4) is 0 Å². The molecule has 0 aromatic carbocycles. The van der Waals surface area contributed by atoms with Crippen LogP contribution in [0.3, 0.4) is 0 Å². The van der Waals surface area contributed by atoms with E-state index in [1.807, 2.05) is 12.2 Å². The molecule has 1 unspecified atom stereocenters. The van der Waals surface area contributed by atoms with Crippen molar-refractivity contribution in [2.75, 3.05) is 6.54 Å². The van der Waals surface area contributed by atoms with Gasteiger partial charge in [-0.25, -0.2) is 17.9 Å². The Bertz CT molecular complexity index is 1370. The summed E-state index contributed by atoms with van der Waals surface area (Å²) in [6.07, 6.45) is 7.60. The molecule has 232 valence electrons. The van der Waals surface area contributed by atoms with Gasteiger partial charge in [0.1, 0.15) is 27.4 Å². The van der Waals surface area contributed by atoms with Gasteiger partial charge in [0.05, 0.1) is 4.34 Å².